The van der Waals surface area contributed by atoms with Gasteiger partial charge in [0.05, 0.1) is 5.69 Å². The highest BCUT2D eigenvalue weighted by atomic mass is 19.2. The predicted molar refractivity (Wildman–Crippen MR) is 88.7 cm³/mol. The molecule has 1 saturated carbocycles. The summed E-state index contributed by atoms with van der Waals surface area (Å²) in [7, 11) is 0. The number of amides is 4. The van der Waals surface area contributed by atoms with Crippen molar-refractivity contribution >= 4 is 23.5 Å². The van der Waals surface area contributed by atoms with Crippen molar-refractivity contribution in [2.45, 2.75) is 38.1 Å². The quantitative estimate of drug-likeness (QED) is 0.421. The fourth-order valence-corrected chi connectivity index (χ4v) is 3.36. The molecule has 0 unspecified atom stereocenters. The molecule has 10 heteroatoms. The molecule has 1 saturated heterocycles. The number of anilines is 1. The average molecular weight is 384 g/mol. The van der Waals surface area contributed by atoms with E-state index in [9.17, 15) is 27.6 Å². The second-order valence-electron chi connectivity index (χ2n) is 6.98. The van der Waals surface area contributed by atoms with Crippen molar-refractivity contribution in [1.29, 1.82) is 0 Å². The van der Waals surface area contributed by atoms with Crippen molar-refractivity contribution in [3.63, 3.8) is 0 Å². The van der Waals surface area contributed by atoms with Crippen molar-refractivity contribution < 1.29 is 27.6 Å². The van der Waals surface area contributed by atoms with Crippen LogP contribution in [0.5, 0.6) is 0 Å². The molecule has 146 valence electrons. The van der Waals surface area contributed by atoms with Gasteiger partial charge in [-0.3, -0.25) is 25.3 Å². The Morgan fingerprint density at radius 3 is 2.56 bits per heavy atom. The molecule has 4 amide bonds. The van der Waals surface area contributed by atoms with E-state index in [1.165, 1.54) is 0 Å². The normalized spacial score (nSPS) is 24.9. The van der Waals surface area contributed by atoms with Crippen LogP contribution in [0.1, 0.15) is 32.6 Å². The number of rotatable bonds is 4. The lowest BCUT2D eigenvalue weighted by atomic mass is 9.77. The van der Waals surface area contributed by atoms with Crippen LogP contribution in [-0.2, 0) is 9.59 Å². The Bertz CT molecular complexity index is 794. The topological polar surface area (TPSA) is 90.5 Å². The second-order valence-corrected chi connectivity index (χ2v) is 6.98. The van der Waals surface area contributed by atoms with E-state index in [1.54, 1.807) is 0 Å². The maximum atomic E-state index is 13.6. The maximum absolute atomic E-state index is 13.6. The van der Waals surface area contributed by atoms with Crippen molar-refractivity contribution in [1.82, 2.24) is 15.6 Å². The number of imide groups is 1. The number of halogens is 3. The lowest BCUT2D eigenvalue weighted by Gasteiger charge is -2.33. The highest BCUT2D eigenvalue weighted by molar-refractivity contribution is 6.09. The number of nitrogens with one attached hydrogen (secondary N) is 3. The molecule has 0 aromatic heterocycles. The molecule has 1 spiro atoms. The Labute approximate surface area is 153 Å². The first-order valence-electron chi connectivity index (χ1n) is 8.56. The van der Waals surface area contributed by atoms with E-state index in [2.05, 4.69) is 23.1 Å². The summed E-state index contributed by atoms with van der Waals surface area (Å²) >= 11 is 0. The van der Waals surface area contributed by atoms with Crippen molar-refractivity contribution in [2.24, 2.45) is 5.92 Å². The number of carbonyl (C=O) groups is 3. The molecule has 0 radical (unpaired) electrons. The molecule has 0 bridgehead atoms. The van der Waals surface area contributed by atoms with E-state index >= 15 is 0 Å². The fraction of sp³-hybridized carbons (Fsp3) is 0.471. The summed E-state index contributed by atoms with van der Waals surface area (Å²) < 4.78 is 39.6. The van der Waals surface area contributed by atoms with Crippen LogP contribution >= 0.6 is 0 Å². The summed E-state index contributed by atoms with van der Waals surface area (Å²) in [6.07, 6.45) is 2.61. The molecular formula is C17H19F3N4O3. The summed E-state index contributed by atoms with van der Waals surface area (Å²) in [4.78, 5) is 37.6. The second kappa shape index (κ2) is 7.09. The third-order valence-electron chi connectivity index (χ3n) is 5.05. The zero-order valence-electron chi connectivity index (χ0n) is 14.6. The van der Waals surface area contributed by atoms with Crippen LogP contribution in [0.25, 0.3) is 0 Å². The van der Waals surface area contributed by atoms with Gasteiger partial charge in [0.25, 0.3) is 11.8 Å². The summed E-state index contributed by atoms with van der Waals surface area (Å²) in [5, 5.41) is 2.68. The molecule has 1 aliphatic heterocycles. The monoisotopic (exact) mass is 384 g/mol. The van der Waals surface area contributed by atoms with Crippen molar-refractivity contribution in [3.05, 3.63) is 29.6 Å². The Morgan fingerprint density at radius 1 is 1.22 bits per heavy atom. The van der Waals surface area contributed by atoms with Gasteiger partial charge in [-0.2, -0.15) is 0 Å². The zero-order valence-corrected chi connectivity index (χ0v) is 14.6. The molecule has 2 fully saturated rings. The smallest absolute Gasteiger partial charge is 0.323 e. The van der Waals surface area contributed by atoms with Gasteiger partial charge in [0.15, 0.2) is 17.5 Å². The van der Waals surface area contributed by atoms with Crippen molar-refractivity contribution in [2.75, 3.05) is 12.0 Å². The minimum absolute atomic E-state index is 0.464. The van der Waals surface area contributed by atoms with E-state index in [0.717, 1.165) is 23.8 Å². The molecule has 7 nitrogen and oxygen atoms in total. The van der Waals surface area contributed by atoms with Gasteiger partial charge in [-0.05, 0) is 43.7 Å². The first-order valence-corrected chi connectivity index (χ1v) is 8.56. The molecule has 3 N–H and O–H groups in total. The molecule has 0 atom stereocenters. The van der Waals surface area contributed by atoms with Crippen LogP contribution in [0.2, 0.25) is 0 Å². The number of hydrogen-bond donors (Lipinski definition) is 3. The highest BCUT2D eigenvalue weighted by Gasteiger charge is 2.52. The SMILES string of the molecule is CC1CCC2(CC1)NC(=O)N(CC(=O)NNc1ccc(F)c(F)c1F)C2=O. The van der Waals surface area contributed by atoms with Gasteiger partial charge >= 0.3 is 6.03 Å². The first-order chi connectivity index (χ1) is 12.7. The Morgan fingerprint density at radius 2 is 1.89 bits per heavy atom. The largest absolute Gasteiger partial charge is 0.325 e. The Kier molecular flexibility index (Phi) is 4.99. The highest BCUT2D eigenvalue weighted by Crippen LogP contribution is 2.36. The number of carbonyl (C=O) groups excluding carboxylic acids is 3. The lowest BCUT2D eigenvalue weighted by Crippen LogP contribution is -2.50. The van der Waals surface area contributed by atoms with Gasteiger partial charge in [-0.1, -0.05) is 6.92 Å². The van der Waals surface area contributed by atoms with Gasteiger partial charge in [0.1, 0.15) is 12.1 Å². The predicted octanol–water partition coefficient (Wildman–Crippen LogP) is 2.05. The van der Waals surface area contributed by atoms with Gasteiger partial charge < -0.3 is 5.32 Å². The van der Waals surface area contributed by atoms with Gasteiger partial charge in [-0.15, -0.1) is 0 Å². The van der Waals surface area contributed by atoms with Crippen LogP contribution in [0, 0.1) is 23.4 Å². The summed E-state index contributed by atoms with van der Waals surface area (Å²) in [6, 6.07) is 0.932. The third kappa shape index (κ3) is 3.56. The molecule has 1 heterocycles. The molecule has 2 aliphatic rings. The van der Waals surface area contributed by atoms with E-state index in [-0.39, 0.29) is 0 Å². The molecule has 27 heavy (non-hydrogen) atoms. The van der Waals surface area contributed by atoms with Gasteiger partial charge in [0.2, 0.25) is 0 Å². The number of nitrogens with zero attached hydrogens (tertiary/aromatic N) is 1. The van der Waals surface area contributed by atoms with E-state index in [4.69, 9.17) is 0 Å². The number of benzene rings is 1. The van der Waals surface area contributed by atoms with E-state index < -0.39 is 53.1 Å². The zero-order chi connectivity index (χ0) is 19.8. The van der Waals surface area contributed by atoms with E-state index in [1.807, 2.05) is 0 Å². The van der Waals surface area contributed by atoms with Gasteiger partial charge in [-0.25, -0.2) is 18.0 Å². The molecular weight excluding hydrogens is 365 g/mol. The summed E-state index contributed by atoms with van der Waals surface area (Å²) in [5.41, 5.74) is 2.71. The average Bonchev–Trinajstić information content (AvgIpc) is 2.86. The lowest BCUT2D eigenvalue weighted by molar-refractivity contribution is -0.135. The van der Waals surface area contributed by atoms with Gasteiger partial charge in [0, 0.05) is 0 Å². The van der Waals surface area contributed by atoms with Crippen LogP contribution in [0.4, 0.5) is 23.7 Å². The fourth-order valence-electron chi connectivity index (χ4n) is 3.36. The van der Waals surface area contributed by atoms with Crippen LogP contribution < -0.4 is 16.2 Å². The number of hydrazine groups is 1. The standard InChI is InChI=1S/C17H19F3N4O3/c1-9-4-6-17(7-5-9)15(26)24(16(27)21-17)8-12(25)23-22-11-3-2-10(18)13(19)14(11)20/h2-3,9,22H,4-8H2,1H3,(H,21,27)(H,23,25). The summed E-state index contributed by atoms with van der Waals surface area (Å²) in [5.74, 6) is -5.36. The molecule has 1 aliphatic carbocycles. The Hall–Kier alpha value is -2.78. The first kappa shape index (κ1) is 19.0. The van der Waals surface area contributed by atoms with Crippen LogP contribution in [0.3, 0.4) is 0 Å². The van der Waals surface area contributed by atoms with E-state index in [0.29, 0.717) is 24.8 Å². The minimum Gasteiger partial charge on any atom is -0.323 e. The number of hydrogen-bond acceptors (Lipinski definition) is 4. The summed E-state index contributed by atoms with van der Waals surface area (Å²) in [6.45, 7) is 1.49. The van der Waals surface area contributed by atoms with Crippen molar-refractivity contribution in [3.8, 4) is 0 Å². The van der Waals surface area contributed by atoms with Crippen LogP contribution in [-0.4, -0.2) is 34.8 Å². The third-order valence-corrected chi connectivity index (χ3v) is 5.05. The molecule has 1 aromatic carbocycles. The maximum Gasteiger partial charge on any atom is 0.325 e. The van der Waals surface area contributed by atoms with Crippen LogP contribution in [0.15, 0.2) is 12.1 Å². The minimum atomic E-state index is -1.68. The number of urea groups is 1. The Balaban J connectivity index is 1.60. The molecule has 3 rings (SSSR count). The molecule has 1 aromatic rings.